The number of hydrogen-bond acceptors (Lipinski definition) is 10. The van der Waals surface area contributed by atoms with Crippen LogP contribution in [0.1, 0.15) is 49.9 Å². The van der Waals surface area contributed by atoms with Crippen LogP contribution in [0.15, 0.2) is 42.5 Å². The Kier molecular flexibility index (Phi) is 10.1. The fourth-order valence-electron chi connectivity index (χ4n) is 5.33. The van der Waals surface area contributed by atoms with Crippen molar-refractivity contribution in [1.82, 2.24) is 0 Å². The lowest BCUT2D eigenvalue weighted by molar-refractivity contribution is -0.334. The third-order valence-electron chi connectivity index (χ3n) is 7.16. The molecule has 2 fully saturated rings. The first-order valence-electron chi connectivity index (χ1n) is 14.4. The molecule has 2 heterocycles. The Hall–Kier alpha value is -3.69. The lowest BCUT2D eigenvalue weighted by atomic mass is 9.83. The number of benzene rings is 2. The third kappa shape index (κ3) is 7.94. The Morgan fingerprint density at radius 2 is 1.51 bits per heavy atom. The molecule has 12 heteroatoms. The van der Waals surface area contributed by atoms with E-state index in [1.807, 2.05) is 24.3 Å². The predicted molar refractivity (Wildman–Crippen MR) is 166 cm³/mol. The Balaban J connectivity index is 1.79. The molecule has 2 saturated heterocycles. The van der Waals surface area contributed by atoms with Crippen molar-refractivity contribution < 1.29 is 47.6 Å². The first-order valence-corrected chi connectivity index (χ1v) is 18.3. The Morgan fingerprint density at radius 1 is 0.889 bits per heavy atom. The van der Waals surface area contributed by atoms with Gasteiger partial charge in [0.05, 0.1) is 6.61 Å². The van der Waals surface area contributed by atoms with Crippen molar-refractivity contribution in [3.05, 3.63) is 69.7 Å². The van der Waals surface area contributed by atoms with Crippen LogP contribution in [0.2, 0.25) is 24.7 Å². The minimum Gasteiger partial charge on any atom is -0.463 e. The summed E-state index contributed by atoms with van der Waals surface area (Å²) in [5, 5.41) is 0.469. The Morgan fingerprint density at radius 3 is 2.09 bits per heavy atom. The van der Waals surface area contributed by atoms with Crippen molar-refractivity contribution >= 4 is 43.6 Å². The molecule has 0 aromatic heterocycles. The van der Waals surface area contributed by atoms with Crippen molar-refractivity contribution in [2.24, 2.45) is 0 Å². The van der Waals surface area contributed by atoms with Crippen molar-refractivity contribution in [1.29, 1.82) is 0 Å². The molecule has 0 spiro atoms. The van der Waals surface area contributed by atoms with E-state index in [0.717, 1.165) is 11.1 Å². The number of rotatable bonds is 8. The molecule has 2 aromatic carbocycles. The standard InChI is InChI=1S/C33H37ClO10Si/c1-20(35)39-18-32-19-40-33(44-32,31(43-23(4)38)29(41-21(2)36)30(32)42-22(3)37)27-12-13-28(34)26(17-27)16-25-10-8-24(9-11-25)14-15-45(5,6)7/h8-13,17,29-31H,16,18-19H2,1-7H3. The summed E-state index contributed by atoms with van der Waals surface area (Å²) in [7, 11) is -1.52. The third-order valence-corrected chi connectivity index (χ3v) is 8.41. The van der Waals surface area contributed by atoms with E-state index < -0.39 is 68.3 Å². The molecule has 2 aliphatic heterocycles. The van der Waals surface area contributed by atoms with Crippen molar-refractivity contribution in [3.8, 4) is 11.5 Å². The first-order chi connectivity index (χ1) is 21.0. The fourth-order valence-corrected chi connectivity index (χ4v) is 6.04. The van der Waals surface area contributed by atoms with Crippen LogP contribution < -0.4 is 0 Å². The average Bonchev–Trinajstić information content (AvgIpc) is 3.30. The van der Waals surface area contributed by atoms with Crippen molar-refractivity contribution in [2.75, 3.05) is 13.2 Å². The van der Waals surface area contributed by atoms with Gasteiger partial charge in [-0.1, -0.05) is 55.4 Å². The normalized spacial score (nSPS) is 25.4. The van der Waals surface area contributed by atoms with Crippen LogP contribution in [-0.2, 0) is 59.8 Å². The van der Waals surface area contributed by atoms with E-state index in [-0.39, 0.29) is 6.61 Å². The van der Waals surface area contributed by atoms with Gasteiger partial charge in [-0.25, -0.2) is 0 Å². The molecule has 5 atom stereocenters. The molecule has 2 bridgehead atoms. The van der Waals surface area contributed by atoms with E-state index in [9.17, 15) is 19.2 Å². The lowest BCUT2D eigenvalue weighted by Crippen LogP contribution is -2.68. The number of halogens is 1. The zero-order valence-electron chi connectivity index (χ0n) is 26.4. The monoisotopic (exact) mass is 656 g/mol. The van der Waals surface area contributed by atoms with Gasteiger partial charge in [-0.2, -0.15) is 0 Å². The van der Waals surface area contributed by atoms with Crippen LogP contribution in [0.3, 0.4) is 0 Å². The van der Waals surface area contributed by atoms with Crippen LogP contribution in [0.4, 0.5) is 0 Å². The summed E-state index contributed by atoms with van der Waals surface area (Å²) < 4.78 is 35.2. The number of esters is 4. The molecule has 2 aromatic rings. The highest BCUT2D eigenvalue weighted by molar-refractivity contribution is 6.83. The van der Waals surface area contributed by atoms with E-state index in [1.54, 1.807) is 18.2 Å². The predicted octanol–water partition coefficient (Wildman–Crippen LogP) is 4.47. The molecule has 0 saturated carbocycles. The summed E-state index contributed by atoms with van der Waals surface area (Å²) in [6.07, 6.45) is -3.72. The molecule has 2 aliphatic rings. The van der Waals surface area contributed by atoms with Gasteiger partial charge in [0.1, 0.15) is 14.7 Å². The minimum atomic E-state index is -1.85. The second kappa shape index (κ2) is 13.3. The highest BCUT2D eigenvalue weighted by atomic mass is 35.5. The summed E-state index contributed by atoms with van der Waals surface area (Å²) >= 11 is 6.66. The molecule has 0 N–H and O–H groups in total. The first kappa shape index (κ1) is 34.2. The van der Waals surface area contributed by atoms with Gasteiger partial charge in [-0.05, 0) is 41.8 Å². The number of hydrogen-bond donors (Lipinski definition) is 0. The fraction of sp³-hybridized carbons (Fsp3) is 0.455. The minimum absolute atomic E-state index is 0.258. The zero-order valence-corrected chi connectivity index (χ0v) is 28.1. The van der Waals surface area contributed by atoms with Gasteiger partial charge in [0.25, 0.3) is 0 Å². The van der Waals surface area contributed by atoms with Gasteiger partial charge < -0.3 is 28.4 Å². The van der Waals surface area contributed by atoms with E-state index in [0.29, 0.717) is 22.6 Å². The number of carbonyl (C=O) groups excluding carboxylic acids is 4. The summed E-state index contributed by atoms with van der Waals surface area (Å²) in [6, 6.07) is 12.9. The Bertz CT molecular complexity index is 1540. The van der Waals surface area contributed by atoms with Crippen LogP contribution in [0.5, 0.6) is 0 Å². The molecular weight excluding hydrogens is 620 g/mol. The lowest BCUT2D eigenvalue weighted by Gasteiger charge is -2.49. The van der Waals surface area contributed by atoms with Gasteiger partial charge in [0.2, 0.25) is 11.9 Å². The number of fused-ring (bicyclic) bond motifs is 2. The second-order valence-corrected chi connectivity index (χ2v) is 17.4. The molecule has 45 heavy (non-hydrogen) atoms. The molecule has 0 aliphatic carbocycles. The van der Waals surface area contributed by atoms with E-state index in [2.05, 4.69) is 31.1 Å². The molecule has 4 rings (SSSR count). The van der Waals surface area contributed by atoms with Crippen LogP contribution >= 0.6 is 11.6 Å². The van der Waals surface area contributed by atoms with Gasteiger partial charge >= 0.3 is 23.9 Å². The average molecular weight is 657 g/mol. The largest absolute Gasteiger partial charge is 0.463 e. The number of ether oxygens (including phenoxy) is 6. The highest BCUT2D eigenvalue weighted by Crippen LogP contribution is 2.53. The van der Waals surface area contributed by atoms with Gasteiger partial charge in [0.15, 0.2) is 17.8 Å². The SMILES string of the molecule is CC(=O)OCC12COC(c3ccc(Cl)c(Cc4ccc(C#C[Si](C)(C)C)cc4)c3)(O1)C(OC(C)=O)C(OC(C)=O)C2OC(C)=O. The zero-order chi connectivity index (χ0) is 33.2. The maximum Gasteiger partial charge on any atom is 0.303 e. The number of carbonyl (C=O) groups is 4. The molecule has 0 radical (unpaired) electrons. The van der Waals surface area contributed by atoms with Crippen LogP contribution in [0, 0.1) is 11.5 Å². The summed E-state index contributed by atoms with van der Waals surface area (Å²) in [5.74, 6) is -1.41. The molecule has 5 unspecified atom stereocenters. The maximum atomic E-state index is 12.4. The van der Waals surface area contributed by atoms with Crippen molar-refractivity contribution in [2.45, 2.75) is 83.5 Å². The topological polar surface area (TPSA) is 124 Å². The smallest absolute Gasteiger partial charge is 0.303 e. The second-order valence-electron chi connectivity index (χ2n) is 12.2. The molecule has 240 valence electrons. The van der Waals surface area contributed by atoms with Crippen LogP contribution in [0.25, 0.3) is 0 Å². The van der Waals surface area contributed by atoms with Crippen LogP contribution in [-0.4, -0.2) is 69.1 Å². The van der Waals surface area contributed by atoms with Crippen molar-refractivity contribution in [3.63, 3.8) is 0 Å². The summed E-state index contributed by atoms with van der Waals surface area (Å²) in [4.78, 5) is 48.9. The van der Waals surface area contributed by atoms with Gasteiger partial charge in [-0.15, -0.1) is 5.54 Å². The maximum absolute atomic E-state index is 12.4. The molecule has 0 amide bonds. The molecule has 10 nitrogen and oxygen atoms in total. The van der Waals surface area contributed by atoms with Gasteiger partial charge in [-0.3, -0.25) is 19.2 Å². The van der Waals surface area contributed by atoms with E-state index in [4.69, 9.17) is 40.0 Å². The van der Waals surface area contributed by atoms with E-state index >= 15 is 0 Å². The summed E-state index contributed by atoms with van der Waals surface area (Å²) in [5.41, 5.74) is 4.74. The summed E-state index contributed by atoms with van der Waals surface area (Å²) in [6.45, 7) is 10.6. The van der Waals surface area contributed by atoms with Gasteiger partial charge in [0, 0.05) is 43.8 Å². The highest BCUT2D eigenvalue weighted by Gasteiger charge is 2.72. The quantitative estimate of drug-likeness (QED) is 0.174. The Labute approximate surface area is 268 Å². The van der Waals surface area contributed by atoms with E-state index in [1.165, 1.54) is 27.7 Å². The molecular formula is C33H37ClO10Si.